The van der Waals surface area contributed by atoms with E-state index < -0.39 is 4.92 Å². The summed E-state index contributed by atoms with van der Waals surface area (Å²) in [5.74, 6) is 0.134. The van der Waals surface area contributed by atoms with Crippen molar-refractivity contribution in [1.29, 1.82) is 0 Å². The van der Waals surface area contributed by atoms with Gasteiger partial charge in [-0.2, -0.15) is 0 Å². The van der Waals surface area contributed by atoms with Gasteiger partial charge in [0.2, 0.25) is 5.78 Å². The maximum atomic E-state index is 11.9. The van der Waals surface area contributed by atoms with E-state index in [9.17, 15) is 14.9 Å². The number of hydrogen-bond acceptors (Lipinski definition) is 5. The predicted octanol–water partition coefficient (Wildman–Crippen LogP) is 2.20. The topological polar surface area (TPSA) is 83.6 Å². The SMILES string of the molecule is COc1ccc(OCC(=O)c2ccn(C)c2)c([N+](=O)[O-])c1. The Morgan fingerprint density at radius 3 is 2.71 bits per heavy atom. The summed E-state index contributed by atoms with van der Waals surface area (Å²) in [6.07, 6.45) is 3.40. The first-order chi connectivity index (χ1) is 10.0. The van der Waals surface area contributed by atoms with Gasteiger partial charge < -0.3 is 14.0 Å². The van der Waals surface area contributed by atoms with E-state index in [1.54, 1.807) is 30.1 Å². The summed E-state index contributed by atoms with van der Waals surface area (Å²) in [6.45, 7) is -0.267. The number of aryl methyl sites for hydroxylation is 1. The number of carbonyl (C=O) groups excluding carboxylic acids is 1. The molecule has 1 aromatic heterocycles. The zero-order chi connectivity index (χ0) is 15.4. The molecule has 0 aliphatic heterocycles. The van der Waals surface area contributed by atoms with E-state index >= 15 is 0 Å². The van der Waals surface area contributed by atoms with Gasteiger partial charge in [0.1, 0.15) is 5.75 Å². The third-order valence-electron chi connectivity index (χ3n) is 2.88. The van der Waals surface area contributed by atoms with Crippen LogP contribution in [0.2, 0.25) is 0 Å². The number of methoxy groups -OCH3 is 1. The summed E-state index contributed by atoms with van der Waals surface area (Å²) in [7, 11) is 3.21. The lowest BCUT2D eigenvalue weighted by Crippen LogP contribution is -2.11. The van der Waals surface area contributed by atoms with Crippen molar-refractivity contribution in [3.05, 3.63) is 52.3 Å². The molecule has 0 unspecified atom stereocenters. The number of benzene rings is 1. The number of carbonyl (C=O) groups is 1. The molecule has 2 aromatic rings. The van der Waals surface area contributed by atoms with Crippen molar-refractivity contribution in [1.82, 2.24) is 4.57 Å². The monoisotopic (exact) mass is 290 g/mol. The van der Waals surface area contributed by atoms with Gasteiger partial charge in [-0.1, -0.05) is 0 Å². The van der Waals surface area contributed by atoms with Crippen LogP contribution >= 0.6 is 0 Å². The molecule has 0 atom stereocenters. The number of nitrogens with zero attached hydrogens (tertiary/aromatic N) is 2. The maximum Gasteiger partial charge on any atom is 0.314 e. The van der Waals surface area contributed by atoms with Crippen molar-refractivity contribution in [2.75, 3.05) is 13.7 Å². The molecule has 0 amide bonds. The fraction of sp³-hybridized carbons (Fsp3) is 0.214. The van der Waals surface area contributed by atoms with Crippen molar-refractivity contribution in [3.63, 3.8) is 0 Å². The summed E-state index contributed by atoms with van der Waals surface area (Å²) in [5.41, 5.74) is 0.254. The van der Waals surface area contributed by atoms with Crippen LogP contribution in [0.3, 0.4) is 0 Å². The van der Waals surface area contributed by atoms with E-state index in [4.69, 9.17) is 9.47 Å². The van der Waals surface area contributed by atoms with Crippen LogP contribution in [-0.2, 0) is 7.05 Å². The number of aromatic nitrogens is 1. The second-order valence-electron chi connectivity index (χ2n) is 4.37. The highest BCUT2D eigenvalue weighted by atomic mass is 16.6. The highest BCUT2D eigenvalue weighted by molar-refractivity contribution is 5.97. The number of Topliss-reactive ketones (excluding diaryl/α,β-unsaturated/α-hetero) is 1. The van der Waals surface area contributed by atoms with E-state index in [0.717, 1.165) is 0 Å². The smallest absolute Gasteiger partial charge is 0.314 e. The molecule has 1 aromatic carbocycles. The Bertz CT molecular complexity index is 678. The van der Waals surface area contributed by atoms with E-state index in [1.807, 2.05) is 0 Å². The molecule has 110 valence electrons. The Balaban J connectivity index is 2.12. The van der Waals surface area contributed by atoms with Crippen molar-refractivity contribution in [3.8, 4) is 11.5 Å². The second kappa shape index (κ2) is 6.08. The molecule has 1 heterocycles. The van der Waals surface area contributed by atoms with Crippen LogP contribution in [0.25, 0.3) is 0 Å². The van der Waals surface area contributed by atoms with E-state index in [-0.39, 0.29) is 23.8 Å². The maximum absolute atomic E-state index is 11.9. The standard InChI is InChI=1S/C14H14N2O5/c1-15-6-5-10(8-15)13(17)9-21-14-4-3-11(20-2)7-12(14)16(18)19/h3-8H,9H2,1-2H3. The number of hydrogen-bond donors (Lipinski definition) is 0. The summed E-state index contributed by atoms with van der Waals surface area (Å²) in [4.78, 5) is 22.3. The molecule has 0 aliphatic carbocycles. The van der Waals surface area contributed by atoms with Gasteiger partial charge in [0.15, 0.2) is 12.4 Å². The highest BCUT2D eigenvalue weighted by Crippen LogP contribution is 2.31. The van der Waals surface area contributed by atoms with Crippen LogP contribution in [-0.4, -0.2) is 29.0 Å². The van der Waals surface area contributed by atoms with Crippen molar-refractivity contribution < 1.29 is 19.2 Å². The Morgan fingerprint density at radius 1 is 1.38 bits per heavy atom. The first-order valence-electron chi connectivity index (χ1n) is 6.11. The average Bonchev–Trinajstić information content (AvgIpc) is 2.91. The summed E-state index contributed by atoms with van der Waals surface area (Å²) in [5, 5.41) is 11.0. The van der Waals surface area contributed by atoms with E-state index in [0.29, 0.717) is 11.3 Å². The lowest BCUT2D eigenvalue weighted by Gasteiger charge is -2.07. The third-order valence-corrected chi connectivity index (χ3v) is 2.88. The molecular formula is C14H14N2O5. The largest absolute Gasteiger partial charge is 0.496 e. The molecule has 21 heavy (non-hydrogen) atoms. The van der Waals surface area contributed by atoms with Crippen LogP contribution in [0.15, 0.2) is 36.7 Å². The van der Waals surface area contributed by atoms with E-state index in [2.05, 4.69) is 0 Å². The lowest BCUT2D eigenvalue weighted by molar-refractivity contribution is -0.385. The molecular weight excluding hydrogens is 276 g/mol. The van der Waals surface area contributed by atoms with Gasteiger partial charge in [-0.15, -0.1) is 0 Å². The Labute approximate surface area is 120 Å². The molecule has 0 bridgehead atoms. The van der Waals surface area contributed by atoms with Crippen LogP contribution in [0, 0.1) is 10.1 Å². The zero-order valence-corrected chi connectivity index (χ0v) is 11.6. The first-order valence-corrected chi connectivity index (χ1v) is 6.11. The zero-order valence-electron chi connectivity index (χ0n) is 11.6. The summed E-state index contributed by atoms with van der Waals surface area (Å²) in [6, 6.07) is 5.86. The minimum atomic E-state index is -0.579. The third kappa shape index (κ3) is 3.38. The molecule has 0 N–H and O–H groups in total. The molecule has 0 saturated heterocycles. The van der Waals surface area contributed by atoms with Gasteiger partial charge in [-0.05, 0) is 18.2 Å². The molecule has 0 radical (unpaired) electrons. The fourth-order valence-electron chi connectivity index (χ4n) is 1.78. The Morgan fingerprint density at radius 2 is 2.14 bits per heavy atom. The van der Waals surface area contributed by atoms with Crippen LogP contribution in [0.1, 0.15) is 10.4 Å². The average molecular weight is 290 g/mol. The summed E-state index contributed by atoms with van der Waals surface area (Å²) < 4.78 is 11.9. The number of ether oxygens (including phenoxy) is 2. The van der Waals surface area contributed by atoms with Crippen LogP contribution in [0.4, 0.5) is 5.69 Å². The molecule has 0 spiro atoms. The number of nitro benzene ring substituents is 1. The van der Waals surface area contributed by atoms with Gasteiger partial charge in [-0.25, -0.2) is 0 Å². The minimum Gasteiger partial charge on any atom is -0.496 e. The number of ketones is 1. The van der Waals surface area contributed by atoms with Gasteiger partial charge in [0.25, 0.3) is 0 Å². The van der Waals surface area contributed by atoms with Crippen molar-refractivity contribution in [2.24, 2.45) is 7.05 Å². The minimum absolute atomic E-state index is 0.0325. The number of rotatable bonds is 6. The predicted molar refractivity (Wildman–Crippen MR) is 74.9 cm³/mol. The molecule has 7 nitrogen and oxygen atoms in total. The molecule has 2 rings (SSSR count). The Hall–Kier alpha value is -2.83. The Kier molecular flexibility index (Phi) is 4.22. The van der Waals surface area contributed by atoms with Gasteiger partial charge in [0, 0.05) is 25.0 Å². The molecule has 0 saturated carbocycles. The van der Waals surface area contributed by atoms with Gasteiger partial charge in [0.05, 0.1) is 18.1 Å². The number of nitro groups is 1. The quantitative estimate of drug-likeness (QED) is 0.462. The molecule has 7 heteroatoms. The second-order valence-corrected chi connectivity index (χ2v) is 4.37. The lowest BCUT2D eigenvalue weighted by atomic mass is 10.2. The molecule has 0 fully saturated rings. The van der Waals surface area contributed by atoms with Gasteiger partial charge >= 0.3 is 5.69 Å². The van der Waals surface area contributed by atoms with Crippen LogP contribution < -0.4 is 9.47 Å². The fourth-order valence-corrected chi connectivity index (χ4v) is 1.78. The molecule has 0 aliphatic rings. The highest BCUT2D eigenvalue weighted by Gasteiger charge is 2.18. The van der Waals surface area contributed by atoms with Crippen molar-refractivity contribution in [2.45, 2.75) is 0 Å². The van der Waals surface area contributed by atoms with Crippen LogP contribution in [0.5, 0.6) is 11.5 Å². The normalized spacial score (nSPS) is 10.2. The van der Waals surface area contributed by atoms with Crippen molar-refractivity contribution >= 4 is 11.5 Å². The van der Waals surface area contributed by atoms with E-state index in [1.165, 1.54) is 25.3 Å². The van der Waals surface area contributed by atoms with Gasteiger partial charge in [-0.3, -0.25) is 14.9 Å². The summed E-state index contributed by atoms with van der Waals surface area (Å²) >= 11 is 0. The first kappa shape index (κ1) is 14.6.